The normalized spacial score (nSPS) is 12.0. The van der Waals surface area contributed by atoms with Gasteiger partial charge in [-0.25, -0.2) is 4.68 Å². The predicted molar refractivity (Wildman–Crippen MR) is 96.9 cm³/mol. The topological polar surface area (TPSA) is 139 Å². The van der Waals surface area contributed by atoms with Crippen molar-refractivity contribution in [1.29, 1.82) is 0 Å². The van der Waals surface area contributed by atoms with E-state index >= 15 is 0 Å². The molecule has 1 amide bonds. The minimum atomic E-state index is -1.30. The third kappa shape index (κ3) is 6.72. The van der Waals surface area contributed by atoms with Crippen molar-refractivity contribution in [3.8, 4) is 0 Å². The maximum Gasteiger partial charge on any atom is 0.451 e. The molecule has 11 heteroatoms. The van der Waals surface area contributed by atoms with Crippen LogP contribution in [0.3, 0.4) is 0 Å². The van der Waals surface area contributed by atoms with Gasteiger partial charge in [0.05, 0.1) is 6.04 Å². The molecule has 26 heavy (non-hydrogen) atoms. The lowest BCUT2D eigenvalue weighted by molar-refractivity contribution is -0.122. The standard InChI is InChI=1S/C15H22BClN6O3/c17-12-6-4-11(5-7-12)9-19-14(24)10-23-15(20-21-22-23)13(18)3-1-2-8-16(25)26/h4-7,13,25-26H,1-3,8-10,18H2,(H,19,24). The molecule has 2 aromatic rings. The van der Waals surface area contributed by atoms with Crippen LogP contribution in [-0.4, -0.2) is 43.3 Å². The molecule has 0 aliphatic carbocycles. The molecule has 0 aliphatic heterocycles. The van der Waals surface area contributed by atoms with Crippen LogP contribution >= 0.6 is 11.6 Å². The summed E-state index contributed by atoms with van der Waals surface area (Å²) in [4.78, 5) is 12.1. The number of nitrogens with two attached hydrogens (primary N) is 1. The maximum absolute atomic E-state index is 12.1. The van der Waals surface area contributed by atoms with Gasteiger partial charge in [0, 0.05) is 11.6 Å². The zero-order chi connectivity index (χ0) is 18.9. The van der Waals surface area contributed by atoms with E-state index in [1.807, 2.05) is 12.1 Å². The number of rotatable bonds is 10. The average molecular weight is 381 g/mol. The Hall–Kier alpha value is -2.01. The third-order valence-electron chi connectivity index (χ3n) is 3.82. The highest BCUT2D eigenvalue weighted by molar-refractivity contribution is 6.40. The molecule has 2 rings (SSSR count). The number of amides is 1. The molecule has 0 radical (unpaired) electrons. The molecule has 5 N–H and O–H groups in total. The Morgan fingerprint density at radius 3 is 2.73 bits per heavy atom. The fourth-order valence-electron chi connectivity index (χ4n) is 2.40. The van der Waals surface area contributed by atoms with E-state index in [1.165, 1.54) is 4.68 Å². The minimum absolute atomic E-state index is 0.0288. The summed E-state index contributed by atoms with van der Waals surface area (Å²) in [6.45, 7) is 0.349. The summed E-state index contributed by atoms with van der Waals surface area (Å²) in [6, 6.07) is 6.77. The molecule has 140 valence electrons. The summed E-state index contributed by atoms with van der Waals surface area (Å²) in [6.07, 6.45) is 2.22. The van der Waals surface area contributed by atoms with Crippen LogP contribution in [0.2, 0.25) is 11.3 Å². The Balaban J connectivity index is 1.81. The van der Waals surface area contributed by atoms with Gasteiger partial charge in [0.1, 0.15) is 6.54 Å². The second-order valence-corrected chi connectivity index (χ2v) is 6.41. The van der Waals surface area contributed by atoms with Crippen molar-refractivity contribution >= 4 is 24.6 Å². The summed E-state index contributed by atoms with van der Waals surface area (Å²) in [5, 5.41) is 32.4. The van der Waals surface area contributed by atoms with E-state index in [1.54, 1.807) is 12.1 Å². The first kappa shape index (κ1) is 20.3. The second-order valence-electron chi connectivity index (χ2n) is 5.97. The number of tetrazole rings is 1. The molecule has 1 atom stereocenters. The van der Waals surface area contributed by atoms with Gasteiger partial charge in [-0.3, -0.25) is 4.79 Å². The number of halogens is 1. The molecule has 1 aromatic carbocycles. The highest BCUT2D eigenvalue weighted by Crippen LogP contribution is 2.15. The van der Waals surface area contributed by atoms with Crippen molar-refractivity contribution < 1.29 is 14.8 Å². The minimum Gasteiger partial charge on any atom is -0.427 e. The van der Waals surface area contributed by atoms with Gasteiger partial charge in [0.15, 0.2) is 5.82 Å². The van der Waals surface area contributed by atoms with Crippen LogP contribution in [0.15, 0.2) is 24.3 Å². The number of nitrogens with zero attached hydrogens (tertiary/aromatic N) is 4. The van der Waals surface area contributed by atoms with Gasteiger partial charge in [-0.2, -0.15) is 0 Å². The molecule has 0 saturated heterocycles. The van der Waals surface area contributed by atoms with Crippen LogP contribution in [0, 0.1) is 0 Å². The van der Waals surface area contributed by atoms with Crippen molar-refractivity contribution in [2.24, 2.45) is 5.73 Å². The zero-order valence-electron chi connectivity index (χ0n) is 14.3. The summed E-state index contributed by atoms with van der Waals surface area (Å²) in [7, 11) is -1.30. The van der Waals surface area contributed by atoms with Gasteiger partial charge in [-0.15, -0.1) is 5.10 Å². The van der Waals surface area contributed by atoms with E-state index in [-0.39, 0.29) is 12.5 Å². The Bertz CT molecular complexity index is 697. The Kier molecular flexibility index (Phi) is 7.98. The first-order chi connectivity index (χ1) is 12.5. The molecule has 0 bridgehead atoms. The largest absolute Gasteiger partial charge is 0.451 e. The average Bonchev–Trinajstić information content (AvgIpc) is 3.06. The van der Waals surface area contributed by atoms with Crippen molar-refractivity contribution in [2.75, 3.05) is 0 Å². The number of hydrogen-bond acceptors (Lipinski definition) is 7. The SMILES string of the molecule is NC(CCCCB(O)O)c1nnnn1CC(=O)NCc1ccc(Cl)cc1. The number of carbonyl (C=O) groups excluding carboxylic acids is 1. The molecule has 0 aliphatic rings. The lowest BCUT2D eigenvalue weighted by atomic mass is 9.83. The van der Waals surface area contributed by atoms with Crippen LogP contribution in [-0.2, 0) is 17.9 Å². The molecule has 0 fully saturated rings. The first-order valence-electron chi connectivity index (χ1n) is 8.34. The van der Waals surface area contributed by atoms with E-state index < -0.39 is 13.2 Å². The van der Waals surface area contributed by atoms with E-state index in [0.29, 0.717) is 43.0 Å². The lowest BCUT2D eigenvalue weighted by Crippen LogP contribution is -2.29. The first-order valence-corrected chi connectivity index (χ1v) is 8.72. The molecule has 9 nitrogen and oxygen atoms in total. The van der Waals surface area contributed by atoms with E-state index in [0.717, 1.165) is 5.56 Å². The van der Waals surface area contributed by atoms with Gasteiger partial charge in [-0.1, -0.05) is 36.6 Å². The van der Waals surface area contributed by atoms with Crippen LogP contribution in [0.5, 0.6) is 0 Å². The highest BCUT2D eigenvalue weighted by atomic mass is 35.5. The maximum atomic E-state index is 12.1. The Labute approximate surface area is 156 Å². The van der Waals surface area contributed by atoms with Gasteiger partial charge < -0.3 is 21.1 Å². The quantitative estimate of drug-likeness (QED) is 0.343. The van der Waals surface area contributed by atoms with E-state index in [2.05, 4.69) is 20.8 Å². The number of nitrogens with one attached hydrogen (secondary N) is 1. The fourth-order valence-corrected chi connectivity index (χ4v) is 2.53. The Morgan fingerprint density at radius 2 is 2.04 bits per heavy atom. The number of unbranched alkanes of at least 4 members (excludes halogenated alkanes) is 1. The molecule has 0 saturated carbocycles. The van der Waals surface area contributed by atoms with Crippen molar-refractivity contribution in [3.05, 3.63) is 40.7 Å². The van der Waals surface area contributed by atoms with Crippen molar-refractivity contribution in [2.45, 2.75) is 44.7 Å². The van der Waals surface area contributed by atoms with Gasteiger partial charge >= 0.3 is 7.12 Å². The fraction of sp³-hybridized carbons (Fsp3) is 0.467. The van der Waals surface area contributed by atoms with Crippen molar-refractivity contribution in [3.63, 3.8) is 0 Å². The van der Waals surface area contributed by atoms with Crippen molar-refractivity contribution in [1.82, 2.24) is 25.5 Å². The predicted octanol–water partition coefficient (Wildman–Crippen LogP) is 0.286. The number of benzene rings is 1. The summed E-state index contributed by atoms with van der Waals surface area (Å²) >= 11 is 5.83. The molecular weight excluding hydrogens is 358 g/mol. The Morgan fingerprint density at radius 1 is 1.31 bits per heavy atom. The molecule has 1 aromatic heterocycles. The lowest BCUT2D eigenvalue weighted by Gasteiger charge is -2.12. The molecule has 1 heterocycles. The molecule has 1 unspecified atom stereocenters. The monoisotopic (exact) mass is 380 g/mol. The number of carbonyl (C=O) groups is 1. The van der Waals surface area contributed by atoms with Crippen LogP contribution in [0.1, 0.15) is 36.7 Å². The van der Waals surface area contributed by atoms with Gasteiger partial charge in [0.25, 0.3) is 0 Å². The molecular formula is C15H22BClN6O3. The van der Waals surface area contributed by atoms with Crippen LogP contribution < -0.4 is 11.1 Å². The van der Waals surface area contributed by atoms with Crippen LogP contribution in [0.4, 0.5) is 0 Å². The van der Waals surface area contributed by atoms with E-state index in [9.17, 15) is 4.79 Å². The van der Waals surface area contributed by atoms with Gasteiger partial charge in [0.2, 0.25) is 5.91 Å². The third-order valence-corrected chi connectivity index (χ3v) is 4.07. The zero-order valence-corrected chi connectivity index (χ0v) is 15.0. The van der Waals surface area contributed by atoms with Gasteiger partial charge in [-0.05, 0) is 40.9 Å². The highest BCUT2D eigenvalue weighted by Gasteiger charge is 2.17. The summed E-state index contributed by atoms with van der Waals surface area (Å²) in [5.41, 5.74) is 7.01. The smallest absolute Gasteiger partial charge is 0.427 e. The number of hydrogen-bond donors (Lipinski definition) is 4. The summed E-state index contributed by atoms with van der Waals surface area (Å²) < 4.78 is 1.38. The summed E-state index contributed by atoms with van der Waals surface area (Å²) in [5.74, 6) is 0.195. The number of aromatic nitrogens is 4. The van der Waals surface area contributed by atoms with Crippen LogP contribution in [0.25, 0.3) is 0 Å². The van der Waals surface area contributed by atoms with E-state index in [4.69, 9.17) is 27.4 Å². The second kappa shape index (κ2) is 10.2. The molecule has 0 spiro atoms.